The lowest BCUT2D eigenvalue weighted by molar-refractivity contribution is -0.384. The summed E-state index contributed by atoms with van der Waals surface area (Å²) in [7, 11) is 0. The molecule has 0 saturated carbocycles. The number of hydrogen-bond donors (Lipinski definition) is 1. The lowest BCUT2D eigenvalue weighted by Crippen LogP contribution is -2.29. The first kappa shape index (κ1) is 22.5. The predicted octanol–water partition coefficient (Wildman–Crippen LogP) is 5.83. The number of nitro groups is 1. The molecule has 0 aliphatic carbocycles. The number of thiocarbonyl (C=S) groups is 1. The number of nitrogens with zero attached hydrogens (tertiary/aromatic N) is 3. The van der Waals surface area contributed by atoms with Gasteiger partial charge in [0.2, 0.25) is 0 Å². The van der Waals surface area contributed by atoms with E-state index in [-0.39, 0.29) is 17.8 Å². The molecule has 2 aromatic carbocycles. The second-order valence-corrected chi connectivity index (χ2v) is 8.32. The Morgan fingerprint density at radius 3 is 2.51 bits per heavy atom. The number of ether oxygens (including phenoxy) is 1. The van der Waals surface area contributed by atoms with Gasteiger partial charge >= 0.3 is 0 Å². The molecule has 8 nitrogen and oxygen atoms in total. The number of rotatable bonds is 7. The molecule has 0 spiro atoms. The summed E-state index contributed by atoms with van der Waals surface area (Å²) in [5.74, 6) is 2.08. The van der Waals surface area contributed by atoms with E-state index >= 15 is 0 Å². The Labute approximate surface area is 207 Å². The molecule has 1 fully saturated rings. The molecule has 1 saturated heterocycles. The van der Waals surface area contributed by atoms with Gasteiger partial charge in [-0.05, 0) is 79.8 Å². The smallest absolute Gasteiger partial charge is 0.269 e. The predicted molar refractivity (Wildman–Crippen MR) is 136 cm³/mol. The zero-order chi connectivity index (χ0) is 24.4. The van der Waals surface area contributed by atoms with Gasteiger partial charge in [-0.25, -0.2) is 0 Å². The highest BCUT2D eigenvalue weighted by Crippen LogP contribution is 2.43. The number of aromatic nitrogens is 1. The molecule has 3 heterocycles. The largest absolute Gasteiger partial charge is 0.494 e. The summed E-state index contributed by atoms with van der Waals surface area (Å²) in [6.07, 6.45) is 1.75. The number of benzene rings is 2. The van der Waals surface area contributed by atoms with E-state index in [0.717, 1.165) is 22.7 Å². The van der Waals surface area contributed by atoms with Gasteiger partial charge in [-0.2, -0.15) is 0 Å². The van der Waals surface area contributed by atoms with E-state index in [9.17, 15) is 10.1 Å². The molecule has 9 heteroatoms. The molecule has 2 aromatic heterocycles. The van der Waals surface area contributed by atoms with Gasteiger partial charge in [-0.3, -0.25) is 15.1 Å². The van der Waals surface area contributed by atoms with Gasteiger partial charge in [0.1, 0.15) is 23.3 Å². The average molecular weight is 487 g/mol. The molecule has 1 aliphatic rings. The Bertz CT molecular complexity index is 1340. The molecule has 0 bridgehead atoms. The molecule has 176 valence electrons. The van der Waals surface area contributed by atoms with Crippen LogP contribution in [0.2, 0.25) is 0 Å². The van der Waals surface area contributed by atoms with Crippen LogP contribution in [0.1, 0.15) is 30.5 Å². The van der Waals surface area contributed by atoms with Crippen molar-refractivity contribution in [2.24, 2.45) is 0 Å². The van der Waals surface area contributed by atoms with Gasteiger partial charge in [0.25, 0.3) is 5.69 Å². The fraction of sp³-hybridized carbons (Fsp3) is 0.154. The van der Waals surface area contributed by atoms with Crippen LogP contribution in [0.25, 0.3) is 11.3 Å². The number of pyridine rings is 1. The van der Waals surface area contributed by atoms with E-state index < -0.39 is 4.92 Å². The number of furan rings is 1. The zero-order valence-corrected chi connectivity index (χ0v) is 19.6. The topological polar surface area (TPSA) is 93.7 Å². The summed E-state index contributed by atoms with van der Waals surface area (Å²) in [6.45, 7) is 2.53. The number of anilines is 1. The number of non-ortho nitro benzene ring substituents is 1. The third-order valence-electron chi connectivity index (χ3n) is 5.80. The van der Waals surface area contributed by atoms with Crippen molar-refractivity contribution in [3.63, 3.8) is 0 Å². The van der Waals surface area contributed by atoms with Crippen LogP contribution < -0.4 is 15.0 Å². The van der Waals surface area contributed by atoms with Crippen LogP contribution in [0.3, 0.4) is 0 Å². The van der Waals surface area contributed by atoms with Crippen molar-refractivity contribution in [3.05, 3.63) is 107 Å². The van der Waals surface area contributed by atoms with Crippen molar-refractivity contribution in [2.45, 2.75) is 19.0 Å². The second kappa shape index (κ2) is 9.55. The van der Waals surface area contributed by atoms with Crippen molar-refractivity contribution >= 4 is 28.7 Å². The van der Waals surface area contributed by atoms with Crippen LogP contribution in [-0.2, 0) is 0 Å². The van der Waals surface area contributed by atoms with Crippen molar-refractivity contribution < 1.29 is 14.1 Å². The van der Waals surface area contributed by atoms with E-state index in [1.54, 1.807) is 18.3 Å². The molecular weight excluding hydrogens is 464 g/mol. The maximum atomic E-state index is 11.0. The van der Waals surface area contributed by atoms with Gasteiger partial charge in [0, 0.05) is 29.6 Å². The maximum absolute atomic E-state index is 11.0. The molecule has 1 aliphatic heterocycles. The van der Waals surface area contributed by atoms with E-state index in [1.165, 1.54) is 12.1 Å². The highest BCUT2D eigenvalue weighted by Gasteiger charge is 2.42. The number of hydrogen-bond acceptors (Lipinski definition) is 6. The van der Waals surface area contributed by atoms with Crippen LogP contribution in [0.15, 0.2) is 89.5 Å². The molecule has 35 heavy (non-hydrogen) atoms. The Morgan fingerprint density at radius 1 is 1.09 bits per heavy atom. The Morgan fingerprint density at radius 2 is 1.86 bits per heavy atom. The highest BCUT2D eigenvalue weighted by atomic mass is 32.1. The summed E-state index contributed by atoms with van der Waals surface area (Å²) in [5.41, 5.74) is 2.50. The molecule has 0 radical (unpaired) electrons. The summed E-state index contributed by atoms with van der Waals surface area (Å²) in [5, 5.41) is 15.0. The first-order chi connectivity index (χ1) is 17.0. The van der Waals surface area contributed by atoms with E-state index in [1.807, 2.05) is 66.4 Å². The first-order valence-electron chi connectivity index (χ1n) is 11.1. The molecule has 4 aromatic rings. The minimum absolute atomic E-state index is 0.0303. The molecule has 0 amide bonds. The van der Waals surface area contributed by atoms with Crippen LogP contribution in [0, 0.1) is 10.1 Å². The first-order valence-corrected chi connectivity index (χ1v) is 11.5. The third-order valence-corrected chi connectivity index (χ3v) is 6.12. The summed E-state index contributed by atoms with van der Waals surface area (Å²) in [4.78, 5) is 17.1. The van der Waals surface area contributed by atoms with Crippen LogP contribution >= 0.6 is 12.2 Å². The van der Waals surface area contributed by atoms with Crippen molar-refractivity contribution in [1.82, 2.24) is 10.3 Å². The average Bonchev–Trinajstić information content (AvgIpc) is 3.50. The zero-order valence-electron chi connectivity index (χ0n) is 18.8. The van der Waals surface area contributed by atoms with Gasteiger partial charge in [0.05, 0.1) is 23.3 Å². The minimum atomic E-state index is -0.422. The monoisotopic (exact) mass is 486 g/mol. The van der Waals surface area contributed by atoms with Crippen LogP contribution in [-0.4, -0.2) is 21.6 Å². The van der Waals surface area contributed by atoms with E-state index in [4.69, 9.17) is 21.4 Å². The van der Waals surface area contributed by atoms with Gasteiger partial charge < -0.3 is 19.4 Å². The second-order valence-electron chi connectivity index (χ2n) is 7.93. The molecular formula is C26H22N4O4S. The number of nitro benzene ring substituents is 1. The fourth-order valence-electron chi connectivity index (χ4n) is 4.21. The lowest BCUT2D eigenvalue weighted by Gasteiger charge is -2.26. The van der Waals surface area contributed by atoms with Crippen molar-refractivity contribution in [1.29, 1.82) is 0 Å². The summed E-state index contributed by atoms with van der Waals surface area (Å²) >= 11 is 5.75. The summed E-state index contributed by atoms with van der Waals surface area (Å²) in [6, 6.07) is 23.0. The normalized spacial score (nSPS) is 17.3. The number of nitrogens with one attached hydrogen (secondary N) is 1. The Balaban J connectivity index is 1.53. The quantitative estimate of drug-likeness (QED) is 0.198. The van der Waals surface area contributed by atoms with E-state index in [2.05, 4.69) is 10.3 Å². The molecule has 2 atom stereocenters. The Kier molecular flexibility index (Phi) is 6.15. The van der Waals surface area contributed by atoms with Gasteiger partial charge in [0.15, 0.2) is 5.11 Å². The standard InChI is InChI=1S/C26H22N4O4S/c1-2-33-20-12-10-18(11-13-20)29-25(24(28-26(29)35)21-5-3-4-16-27-21)23-15-14-22(34-23)17-6-8-19(9-7-17)30(31)32/h3-16,24-25H,2H2,1H3,(H,28,35)/t24-,25+/m0/s1. The minimum Gasteiger partial charge on any atom is -0.494 e. The molecule has 1 N–H and O–H groups in total. The highest BCUT2D eigenvalue weighted by molar-refractivity contribution is 7.80. The van der Waals surface area contributed by atoms with Crippen molar-refractivity contribution in [2.75, 3.05) is 11.5 Å². The van der Waals surface area contributed by atoms with Gasteiger partial charge in [-0.15, -0.1) is 0 Å². The van der Waals surface area contributed by atoms with Crippen molar-refractivity contribution in [3.8, 4) is 17.1 Å². The Hall–Kier alpha value is -4.24. The molecule has 0 unspecified atom stereocenters. The van der Waals surface area contributed by atoms with Crippen LogP contribution in [0.4, 0.5) is 11.4 Å². The van der Waals surface area contributed by atoms with Crippen LogP contribution in [0.5, 0.6) is 5.75 Å². The fourth-order valence-corrected chi connectivity index (χ4v) is 4.55. The maximum Gasteiger partial charge on any atom is 0.269 e. The molecule has 5 rings (SSSR count). The third kappa shape index (κ3) is 4.45. The summed E-state index contributed by atoms with van der Waals surface area (Å²) < 4.78 is 11.9. The lowest BCUT2D eigenvalue weighted by atomic mass is 10.0. The SMILES string of the molecule is CCOc1ccc(N2C(=S)N[C@@H](c3ccccn3)[C@H]2c2ccc(-c3ccc([N+](=O)[O-])cc3)o2)cc1. The van der Waals surface area contributed by atoms with E-state index in [0.29, 0.717) is 23.2 Å². The van der Waals surface area contributed by atoms with Gasteiger partial charge in [-0.1, -0.05) is 6.07 Å².